The maximum absolute atomic E-state index is 13.5. The van der Waals surface area contributed by atoms with Gasteiger partial charge in [-0.2, -0.15) is 0 Å². The number of halogens is 1. The molecular weight excluding hydrogens is 517 g/mol. The van der Waals surface area contributed by atoms with Crippen LogP contribution in [0.3, 0.4) is 0 Å². The molecule has 1 aliphatic carbocycles. The zero-order valence-electron chi connectivity index (χ0n) is 22.4. The van der Waals surface area contributed by atoms with Gasteiger partial charge in [-0.1, -0.05) is 0 Å². The maximum Gasteiger partial charge on any atom is 0.263 e. The van der Waals surface area contributed by atoms with Gasteiger partial charge in [0.2, 0.25) is 0 Å². The fraction of sp³-hybridized carbons (Fsp3) is 0.379. The predicted octanol–water partition coefficient (Wildman–Crippen LogP) is 2.81. The zero-order chi connectivity index (χ0) is 28.4. The minimum absolute atomic E-state index is 0.00876. The summed E-state index contributed by atoms with van der Waals surface area (Å²) in [6, 6.07) is 9.55. The molecule has 5 rings (SSSR count). The van der Waals surface area contributed by atoms with E-state index in [1.165, 1.54) is 21.6 Å². The summed E-state index contributed by atoms with van der Waals surface area (Å²) in [4.78, 5) is 45.3. The number of rotatable bonds is 10. The molecule has 1 aromatic carbocycles. The van der Waals surface area contributed by atoms with Crippen molar-refractivity contribution in [1.82, 2.24) is 19.8 Å². The maximum atomic E-state index is 13.5. The molecule has 0 bridgehead atoms. The summed E-state index contributed by atoms with van der Waals surface area (Å²) in [6.45, 7) is 1.63. The van der Waals surface area contributed by atoms with E-state index in [0.717, 1.165) is 24.1 Å². The molecule has 2 aliphatic rings. The fourth-order valence-corrected chi connectivity index (χ4v) is 4.71. The number of anilines is 1. The number of hydrogen-bond donors (Lipinski definition) is 3. The molecule has 0 spiro atoms. The summed E-state index contributed by atoms with van der Waals surface area (Å²) in [6.07, 6.45) is 2.53. The van der Waals surface area contributed by atoms with E-state index < -0.39 is 17.6 Å². The van der Waals surface area contributed by atoms with Crippen LogP contribution in [0.15, 0.2) is 47.4 Å². The summed E-state index contributed by atoms with van der Waals surface area (Å²) in [5.74, 6) is -0.586. The first-order chi connectivity index (χ1) is 19.2. The van der Waals surface area contributed by atoms with Gasteiger partial charge in [0, 0.05) is 45.1 Å². The summed E-state index contributed by atoms with van der Waals surface area (Å²) in [7, 11) is 3.20. The highest BCUT2D eigenvalue weighted by Gasteiger charge is 2.33. The van der Waals surface area contributed by atoms with Crippen LogP contribution in [0.2, 0.25) is 0 Å². The summed E-state index contributed by atoms with van der Waals surface area (Å²) < 4.78 is 19.9. The van der Waals surface area contributed by atoms with Crippen molar-refractivity contribution in [2.24, 2.45) is 7.05 Å². The van der Waals surface area contributed by atoms with Gasteiger partial charge >= 0.3 is 0 Å². The highest BCUT2D eigenvalue weighted by atomic mass is 19.1. The van der Waals surface area contributed by atoms with Gasteiger partial charge in [-0.05, 0) is 65.9 Å². The van der Waals surface area contributed by atoms with Crippen molar-refractivity contribution >= 4 is 17.6 Å². The average Bonchev–Trinajstić information content (AvgIpc) is 3.76. The Balaban J connectivity index is 1.45. The van der Waals surface area contributed by atoms with Gasteiger partial charge in [0.25, 0.3) is 17.4 Å². The fourth-order valence-electron chi connectivity index (χ4n) is 4.71. The number of nitrogens with one attached hydrogen (secondary N) is 2. The Morgan fingerprint density at radius 3 is 2.62 bits per heavy atom. The number of hydrogen-bond acceptors (Lipinski definition) is 7. The molecule has 2 amide bonds. The summed E-state index contributed by atoms with van der Waals surface area (Å²) >= 11 is 0. The number of aromatic nitrogens is 2. The average molecular weight is 550 g/mol. The number of nitrogens with zero attached hydrogens (tertiary/aromatic N) is 3. The van der Waals surface area contributed by atoms with E-state index in [1.807, 2.05) is 6.07 Å². The normalized spacial score (nSPS) is 15.1. The number of methoxy groups -OCH3 is 1. The van der Waals surface area contributed by atoms with Crippen LogP contribution in [0.25, 0.3) is 11.1 Å². The topological polar surface area (TPSA) is 126 Å². The second-order valence-electron chi connectivity index (χ2n) is 10.3. The number of aryl methyl sites for hydroxylation is 1. The zero-order valence-corrected chi connectivity index (χ0v) is 22.4. The molecule has 1 aliphatic heterocycles. The van der Waals surface area contributed by atoms with Gasteiger partial charge < -0.3 is 29.9 Å². The summed E-state index contributed by atoms with van der Waals surface area (Å²) in [5.41, 5.74) is 2.45. The molecule has 3 N–H and O–H groups in total. The molecule has 0 unspecified atom stereocenters. The highest BCUT2D eigenvalue weighted by molar-refractivity contribution is 6.05. The molecule has 40 heavy (non-hydrogen) atoms. The number of pyridine rings is 2. The standard InChI is InChI=1S/C29H32FN5O5/c1-34-14-17(13-31-7-8-40-2)9-24(28(34)38)27(37)33-26-11-19(10-25(32-26)18-3-4-18)22-6-5-21(36)12-23(22)29(39)35-15-20(30)16-35/h5-6,9-12,14,18,20,31,36H,3-4,7-8,13,15-16H2,1-2H3,(H,32,33,37). The Bertz CT molecular complexity index is 1500. The van der Waals surface area contributed by atoms with Crippen LogP contribution in [0, 0.1) is 0 Å². The van der Waals surface area contributed by atoms with Gasteiger partial charge in [0.1, 0.15) is 23.3 Å². The minimum Gasteiger partial charge on any atom is -0.508 e. The van der Waals surface area contributed by atoms with Crippen LogP contribution in [0.1, 0.15) is 50.7 Å². The SMILES string of the molecule is COCCNCc1cc(C(=O)Nc2cc(-c3ccc(O)cc3C(=O)N3CC(F)C3)cc(C3CC3)n2)c(=O)n(C)c1. The number of likely N-dealkylation sites (tertiary alicyclic amines) is 1. The van der Waals surface area contributed by atoms with Crippen LogP contribution in [-0.4, -0.2) is 70.9 Å². The second kappa shape index (κ2) is 11.6. The predicted molar refractivity (Wildman–Crippen MR) is 147 cm³/mol. The lowest BCUT2D eigenvalue weighted by molar-refractivity contribution is 0.0400. The number of carbonyl (C=O) groups excluding carboxylic acids is 2. The molecule has 210 valence electrons. The van der Waals surface area contributed by atoms with E-state index in [0.29, 0.717) is 30.8 Å². The number of phenolic OH excluding ortho intramolecular Hbond substituents is 1. The second-order valence-corrected chi connectivity index (χ2v) is 10.3. The highest BCUT2D eigenvalue weighted by Crippen LogP contribution is 2.41. The molecule has 11 heteroatoms. The van der Waals surface area contributed by atoms with Crippen molar-refractivity contribution in [2.75, 3.05) is 38.7 Å². The molecular formula is C29H32FN5O5. The molecule has 1 saturated heterocycles. The molecule has 2 aromatic heterocycles. The van der Waals surface area contributed by atoms with Gasteiger partial charge in [0.05, 0.1) is 25.3 Å². The Labute approximate surface area is 230 Å². The van der Waals surface area contributed by atoms with E-state index >= 15 is 0 Å². The van der Waals surface area contributed by atoms with Crippen molar-refractivity contribution < 1.29 is 23.8 Å². The van der Waals surface area contributed by atoms with Crippen molar-refractivity contribution in [3.05, 3.63) is 75.3 Å². The number of phenols is 1. The lowest BCUT2D eigenvalue weighted by Crippen LogP contribution is -2.51. The van der Waals surface area contributed by atoms with Crippen LogP contribution < -0.4 is 16.2 Å². The lowest BCUT2D eigenvalue weighted by atomic mass is 9.96. The number of carbonyl (C=O) groups is 2. The number of alkyl halides is 1. The monoisotopic (exact) mass is 549 g/mol. The molecule has 0 atom stereocenters. The van der Waals surface area contributed by atoms with Crippen LogP contribution >= 0.6 is 0 Å². The Kier molecular flexibility index (Phi) is 7.95. The molecule has 2 fully saturated rings. The molecule has 1 saturated carbocycles. The molecule has 3 aromatic rings. The first-order valence-electron chi connectivity index (χ1n) is 13.2. The van der Waals surface area contributed by atoms with E-state index in [4.69, 9.17) is 4.74 Å². The van der Waals surface area contributed by atoms with E-state index in [2.05, 4.69) is 15.6 Å². The smallest absolute Gasteiger partial charge is 0.263 e. The van der Waals surface area contributed by atoms with Crippen molar-refractivity contribution in [3.8, 4) is 16.9 Å². The molecule has 3 heterocycles. The number of ether oxygens (including phenoxy) is 1. The van der Waals surface area contributed by atoms with Crippen LogP contribution in [-0.2, 0) is 18.3 Å². The first kappa shape index (κ1) is 27.5. The van der Waals surface area contributed by atoms with E-state index in [9.17, 15) is 23.9 Å². The number of amides is 2. The van der Waals surface area contributed by atoms with E-state index in [-0.39, 0.29) is 47.6 Å². The molecule has 0 radical (unpaired) electrons. The largest absolute Gasteiger partial charge is 0.508 e. The quantitative estimate of drug-likeness (QED) is 0.332. The summed E-state index contributed by atoms with van der Waals surface area (Å²) in [5, 5.41) is 16.1. The third kappa shape index (κ3) is 6.05. The lowest BCUT2D eigenvalue weighted by Gasteiger charge is -2.34. The van der Waals surface area contributed by atoms with Gasteiger partial charge in [-0.3, -0.25) is 14.4 Å². The number of benzene rings is 1. The van der Waals surface area contributed by atoms with Crippen LogP contribution in [0.5, 0.6) is 5.75 Å². The third-order valence-electron chi connectivity index (χ3n) is 7.05. The Hall–Kier alpha value is -4.09. The Morgan fingerprint density at radius 1 is 1.15 bits per heavy atom. The Morgan fingerprint density at radius 2 is 1.93 bits per heavy atom. The molecule has 10 nitrogen and oxygen atoms in total. The first-order valence-corrected chi connectivity index (χ1v) is 13.2. The van der Waals surface area contributed by atoms with Crippen molar-refractivity contribution in [3.63, 3.8) is 0 Å². The van der Waals surface area contributed by atoms with Crippen molar-refractivity contribution in [1.29, 1.82) is 0 Å². The van der Waals surface area contributed by atoms with E-state index in [1.54, 1.807) is 38.6 Å². The van der Waals surface area contributed by atoms with Gasteiger partial charge in [0.15, 0.2) is 0 Å². The number of aromatic hydroxyl groups is 1. The van der Waals surface area contributed by atoms with Gasteiger partial charge in [-0.25, -0.2) is 9.37 Å². The van der Waals surface area contributed by atoms with Crippen LogP contribution in [0.4, 0.5) is 10.2 Å². The third-order valence-corrected chi connectivity index (χ3v) is 7.05. The van der Waals surface area contributed by atoms with Crippen molar-refractivity contribution in [2.45, 2.75) is 31.5 Å². The minimum atomic E-state index is -1.05. The van der Waals surface area contributed by atoms with Gasteiger partial charge in [-0.15, -0.1) is 0 Å².